The molecular formula is C16H20F3N. The van der Waals surface area contributed by atoms with E-state index in [-0.39, 0.29) is 22.6 Å². The van der Waals surface area contributed by atoms with E-state index >= 15 is 0 Å². The van der Waals surface area contributed by atoms with Crippen molar-refractivity contribution in [3.8, 4) is 0 Å². The Morgan fingerprint density at radius 2 is 1.85 bits per heavy atom. The highest BCUT2D eigenvalue weighted by Crippen LogP contribution is 2.65. The summed E-state index contributed by atoms with van der Waals surface area (Å²) in [6.45, 7) is 6.69. The largest absolute Gasteiger partial charge is 0.379 e. The predicted molar refractivity (Wildman–Crippen MR) is 73.0 cm³/mol. The van der Waals surface area contributed by atoms with Crippen molar-refractivity contribution >= 4 is 5.69 Å². The highest BCUT2D eigenvalue weighted by molar-refractivity contribution is 5.47. The van der Waals surface area contributed by atoms with E-state index in [4.69, 9.17) is 0 Å². The smallest absolute Gasteiger partial charge is 0.182 e. The summed E-state index contributed by atoms with van der Waals surface area (Å²) in [6, 6.07) is 1.68. The Balaban J connectivity index is 1.91. The molecule has 3 rings (SSSR count). The maximum absolute atomic E-state index is 13.8. The zero-order valence-electron chi connectivity index (χ0n) is 12.1. The second kappa shape index (κ2) is 4.15. The highest BCUT2D eigenvalue weighted by atomic mass is 19.2. The lowest BCUT2D eigenvalue weighted by Gasteiger charge is -2.40. The fourth-order valence-corrected chi connectivity index (χ4v) is 4.27. The van der Waals surface area contributed by atoms with Crippen LogP contribution in [0.3, 0.4) is 0 Å². The van der Waals surface area contributed by atoms with Gasteiger partial charge in [0.25, 0.3) is 0 Å². The summed E-state index contributed by atoms with van der Waals surface area (Å²) in [5, 5.41) is 3.06. The summed E-state index contributed by atoms with van der Waals surface area (Å²) >= 11 is 0. The second-order valence-corrected chi connectivity index (χ2v) is 7.06. The SMILES string of the molecule is CC1(C)C2CCC1(C)C(Nc1cc(F)cc(F)c1F)C2. The molecule has 1 aromatic carbocycles. The molecule has 0 amide bonds. The highest BCUT2D eigenvalue weighted by Gasteiger charge is 2.61. The molecule has 4 heteroatoms. The van der Waals surface area contributed by atoms with Crippen LogP contribution in [-0.2, 0) is 0 Å². The summed E-state index contributed by atoms with van der Waals surface area (Å²) < 4.78 is 40.4. The summed E-state index contributed by atoms with van der Waals surface area (Å²) in [7, 11) is 0. The van der Waals surface area contributed by atoms with E-state index in [1.807, 2.05) is 0 Å². The van der Waals surface area contributed by atoms with E-state index in [2.05, 4.69) is 26.1 Å². The molecule has 20 heavy (non-hydrogen) atoms. The summed E-state index contributed by atoms with van der Waals surface area (Å²) in [5.74, 6) is -2.29. The summed E-state index contributed by atoms with van der Waals surface area (Å²) in [6.07, 6.45) is 3.19. The third-order valence-corrected chi connectivity index (χ3v) is 6.12. The Hall–Kier alpha value is -1.19. The molecular weight excluding hydrogens is 263 g/mol. The molecule has 3 unspecified atom stereocenters. The van der Waals surface area contributed by atoms with Gasteiger partial charge in [0, 0.05) is 18.2 Å². The fourth-order valence-electron chi connectivity index (χ4n) is 4.27. The molecule has 3 atom stereocenters. The first-order valence-electron chi connectivity index (χ1n) is 7.17. The van der Waals surface area contributed by atoms with Crippen molar-refractivity contribution in [1.29, 1.82) is 0 Å². The first kappa shape index (κ1) is 13.8. The van der Waals surface area contributed by atoms with Crippen LogP contribution in [0.15, 0.2) is 12.1 Å². The van der Waals surface area contributed by atoms with Crippen LogP contribution in [0.25, 0.3) is 0 Å². The quantitative estimate of drug-likeness (QED) is 0.774. The number of nitrogens with one attached hydrogen (secondary N) is 1. The molecule has 2 bridgehead atoms. The minimum Gasteiger partial charge on any atom is -0.379 e. The Morgan fingerprint density at radius 3 is 2.40 bits per heavy atom. The molecule has 0 heterocycles. The molecule has 1 N–H and O–H groups in total. The molecule has 0 radical (unpaired) electrons. The van der Waals surface area contributed by atoms with Crippen LogP contribution in [0.2, 0.25) is 0 Å². The molecule has 0 saturated heterocycles. The number of hydrogen-bond donors (Lipinski definition) is 1. The molecule has 2 aliphatic rings. The van der Waals surface area contributed by atoms with E-state index in [9.17, 15) is 13.2 Å². The first-order valence-corrected chi connectivity index (χ1v) is 7.17. The van der Waals surface area contributed by atoms with Crippen LogP contribution in [-0.4, -0.2) is 6.04 Å². The molecule has 2 fully saturated rings. The molecule has 1 aromatic rings. The van der Waals surface area contributed by atoms with E-state index in [0.29, 0.717) is 12.0 Å². The topological polar surface area (TPSA) is 12.0 Å². The number of anilines is 1. The lowest BCUT2D eigenvalue weighted by molar-refractivity contribution is 0.142. The van der Waals surface area contributed by atoms with Crippen molar-refractivity contribution in [2.24, 2.45) is 16.7 Å². The van der Waals surface area contributed by atoms with Gasteiger partial charge in [-0.1, -0.05) is 20.8 Å². The van der Waals surface area contributed by atoms with E-state index in [1.54, 1.807) is 0 Å². The minimum absolute atomic E-state index is 0.0346. The van der Waals surface area contributed by atoms with Crippen molar-refractivity contribution in [3.05, 3.63) is 29.6 Å². The Kier molecular flexibility index (Phi) is 2.86. The van der Waals surface area contributed by atoms with E-state index in [1.165, 1.54) is 6.42 Å². The number of fused-ring (bicyclic) bond motifs is 2. The standard InChI is InChI=1S/C16H20F3N/c1-15(2)9-4-5-16(15,3)13(6-9)20-12-8-10(17)7-11(18)14(12)19/h7-9,13,20H,4-6H2,1-3H3. The summed E-state index contributed by atoms with van der Waals surface area (Å²) in [5.41, 5.74) is 0.150. The number of rotatable bonds is 2. The van der Waals surface area contributed by atoms with Gasteiger partial charge in [-0.25, -0.2) is 13.2 Å². The predicted octanol–water partition coefficient (Wildman–Crippen LogP) is 4.73. The monoisotopic (exact) mass is 283 g/mol. The average Bonchev–Trinajstić information content (AvgIpc) is 2.68. The number of hydrogen-bond acceptors (Lipinski definition) is 1. The average molecular weight is 283 g/mol. The van der Waals surface area contributed by atoms with Gasteiger partial charge in [0.2, 0.25) is 0 Å². The van der Waals surface area contributed by atoms with Crippen LogP contribution < -0.4 is 5.32 Å². The molecule has 110 valence electrons. The van der Waals surface area contributed by atoms with Crippen molar-refractivity contribution in [2.45, 2.75) is 46.1 Å². The molecule has 0 aromatic heterocycles. The van der Waals surface area contributed by atoms with Gasteiger partial charge >= 0.3 is 0 Å². The zero-order chi connectivity index (χ0) is 14.7. The van der Waals surface area contributed by atoms with Gasteiger partial charge in [0.1, 0.15) is 5.82 Å². The van der Waals surface area contributed by atoms with Crippen LogP contribution in [0, 0.1) is 34.2 Å². The van der Waals surface area contributed by atoms with Gasteiger partial charge in [-0.05, 0) is 36.0 Å². The third kappa shape index (κ3) is 1.69. The van der Waals surface area contributed by atoms with Gasteiger partial charge in [0.15, 0.2) is 11.6 Å². The van der Waals surface area contributed by atoms with Crippen molar-refractivity contribution in [3.63, 3.8) is 0 Å². The Labute approximate surface area is 117 Å². The Bertz CT molecular complexity index is 555. The molecule has 2 aliphatic carbocycles. The van der Waals surface area contributed by atoms with Gasteiger partial charge in [-0.2, -0.15) is 0 Å². The van der Waals surface area contributed by atoms with E-state index in [0.717, 1.165) is 18.9 Å². The van der Waals surface area contributed by atoms with Gasteiger partial charge < -0.3 is 5.32 Å². The second-order valence-electron chi connectivity index (χ2n) is 7.06. The normalized spacial score (nSPS) is 34.5. The molecule has 0 spiro atoms. The number of benzene rings is 1. The minimum atomic E-state index is -1.14. The van der Waals surface area contributed by atoms with Gasteiger partial charge in [-0.3, -0.25) is 0 Å². The molecule has 1 nitrogen and oxygen atoms in total. The van der Waals surface area contributed by atoms with Gasteiger partial charge in [-0.15, -0.1) is 0 Å². The van der Waals surface area contributed by atoms with Crippen LogP contribution in [0.1, 0.15) is 40.0 Å². The van der Waals surface area contributed by atoms with Crippen molar-refractivity contribution < 1.29 is 13.2 Å². The van der Waals surface area contributed by atoms with E-state index < -0.39 is 17.5 Å². The maximum Gasteiger partial charge on any atom is 0.182 e. The summed E-state index contributed by atoms with van der Waals surface area (Å²) in [4.78, 5) is 0. The molecule has 2 saturated carbocycles. The number of halogens is 3. The molecule has 0 aliphatic heterocycles. The van der Waals surface area contributed by atoms with Crippen LogP contribution >= 0.6 is 0 Å². The van der Waals surface area contributed by atoms with Crippen LogP contribution in [0.5, 0.6) is 0 Å². The lowest BCUT2D eigenvalue weighted by Crippen LogP contribution is -2.40. The third-order valence-electron chi connectivity index (χ3n) is 6.12. The first-order chi connectivity index (χ1) is 9.25. The Morgan fingerprint density at radius 1 is 1.15 bits per heavy atom. The van der Waals surface area contributed by atoms with Crippen molar-refractivity contribution in [1.82, 2.24) is 0 Å². The maximum atomic E-state index is 13.8. The zero-order valence-corrected chi connectivity index (χ0v) is 12.1. The van der Waals surface area contributed by atoms with Gasteiger partial charge in [0.05, 0.1) is 5.69 Å². The fraction of sp³-hybridized carbons (Fsp3) is 0.625. The van der Waals surface area contributed by atoms with Crippen LogP contribution in [0.4, 0.5) is 18.9 Å². The lowest BCUT2D eigenvalue weighted by atomic mass is 9.69. The van der Waals surface area contributed by atoms with Crippen molar-refractivity contribution in [2.75, 3.05) is 5.32 Å².